The van der Waals surface area contributed by atoms with E-state index in [0.29, 0.717) is 22.4 Å². The van der Waals surface area contributed by atoms with E-state index in [-0.39, 0.29) is 11.7 Å². The number of amides is 1. The molecule has 0 radical (unpaired) electrons. The highest BCUT2D eigenvalue weighted by Gasteiger charge is 2.12. The fourth-order valence-corrected chi connectivity index (χ4v) is 2.81. The second kappa shape index (κ2) is 7.96. The van der Waals surface area contributed by atoms with Gasteiger partial charge in [-0.2, -0.15) is 5.26 Å². The summed E-state index contributed by atoms with van der Waals surface area (Å²) in [7, 11) is 0. The van der Waals surface area contributed by atoms with E-state index < -0.39 is 0 Å². The maximum absolute atomic E-state index is 12.0. The number of benzene rings is 2. The van der Waals surface area contributed by atoms with Crippen LogP contribution < -0.4 is 5.32 Å². The van der Waals surface area contributed by atoms with Gasteiger partial charge in [-0.3, -0.25) is 4.79 Å². The number of anilines is 1. The molecule has 3 aromatic rings. The normalized spacial score (nSPS) is 10.2. The lowest BCUT2D eigenvalue weighted by atomic mass is 10.2. The molecule has 0 atom stereocenters. The van der Waals surface area contributed by atoms with Gasteiger partial charge in [-0.05, 0) is 36.4 Å². The number of thioether (sulfide) groups is 1. The highest BCUT2D eigenvalue weighted by molar-refractivity contribution is 9.10. The highest BCUT2D eigenvalue weighted by atomic mass is 79.9. The molecule has 2 aromatic carbocycles. The van der Waals surface area contributed by atoms with Crippen LogP contribution in [0, 0.1) is 11.3 Å². The van der Waals surface area contributed by atoms with Crippen molar-refractivity contribution in [1.29, 1.82) is 5.26 Å². The van der Waals surface area contributed by atoms with Crippen LogP contribution in [0.3, 0.4) is 0 Å². The van der Waals surface area contributed by atoms with Crippen LogP contribution in [0.25, 0.3) is 11.5 Å². The third-order valence-electron chi connectivity index (χ3n) is 3.15. The number of halogens is 1. The molecule has 8 heteroatoms. The van der Waals surface area contributed by atoms with Gasteiger partial charge in [0, 0.05) is 10.0 Å². The Balaban J connectivity index is 1.59. The number of hydrogen-bond acceptors (Lipinski definition) is 6. The van der Waals surface area contributed by atoms with Gasteiger partial charge in [-0.1, -0.05) is 39.8 Å². The third-order valence-corrected chi connectivity index (χ3v) is 4.49. The monoisotopic (exact) mass is 414 g/mol. The smallest absolute Gasteiger partial charge is 0.277 e. The van der Waals surface area contributed by atoms with E-state index in [4.69, 9.17) is 9.68 Å². The van der Waals surface area contributed by atoms with Crippen molar-refractivity contribution in [2.24, 2.45) is 0 Å². The number of hydrogen-bond donors (Lipinski definition) is 1. The minimum Gasteiger partial charge on any atom is -0.411 e. The van der Waals surface area contributed by atoms with Gasteiger partial charge in [0.1, 0.15) is 6.07 Å². The zero-order valence-electron chi connectivity index (χ0n) is 12.8. The van der Waals surface area contributed by atoms with Gasteiger partial charge in [0.15, 0.2) is 0 Å². The lowest BCUT2D eigenvalue weighted by molar-refractivity contribution is -0.113. The predicted octanol–water partition coefficient (Wildman–Crippen LogP) is 4.10. The largest absolute Gasteiger partial charge is 0.411 e. The molecule has 6 nitrogen and oxygen atoms in total. The summed E-state index contributed by atoms with van der Waals surface area (Å²) in [6.07, 6.45) is 0. The predicted molar refractivity (Wildman–Crippen MR) is 97.9 cm³/mol. The Labute approximate surface area is 156 Å². The molecule has 1 heterocycles. The summed E-state index contributed by atoms with van der Waals surface area (Å²) < 4.78 is 6.51. The molecule has 0 unspecified atom stereocenters. The molecular formula is C17H11BrN4O2S. The van der Waals surface area contributed by atoms with Crippen LogP contribution in [-0.4, -0.2) is 21.9 Å². The Morgan fingerprint density at radius 1 is 1.20 bits per heavy atom. The molecule has 0 aliphatic heterocycles. The number of nitrogens with zero attached hydrogens (tertiary/aromatic N) is 3. The molecule has 1 aromatic heterocycles. The second-order valence-electron chi connectivity index (χ2n) is 4.87. The van der Waals surface area contributed by atoms with E-state index in [1.54, 1.807) is 24.3 Å². The summed E-state index contributed by atoms with van der Waals surface area (Å²) in [6, 6.07) is 16.3. The molecule has 0 aliphatic rings. The van der Waals surface area contributed by atoms with Crippen LogP contribution in [0.15, 0.2) is 62.6 Å². The fourth-order valence-electron chi connectivity index (χ4n) is 1.98. The van der Waals surface area contributed by atoms with Crippen molar-refractivity contribution in [2.45, 2.75) is 5.22 Å². The van der Waals surface area contributed by atoms with Crippen LogP contribution >= 0.6 is 27.7 Å². The Hall–Kier alpha value is -2.63. The molecular weight excluding hydrogens is 404 g/mol. The van der Waals surface area contributed by atoms with E-state index in [9.17, 15) is 4.79 Å². The van der Waals surface area contributed by atoms with Gasteiger partial charge >= 0.3 is 0 Å². The first-order valence-electron chi connectivity index (χ1n) is 7.17. The maximum Gasteiger partial charge on any atom is 0.277 e. The van der Waals surface area contributed by atoms with Gasteiger partial charge < -0.3 is 9.73 Å². The van der Waals surface area contributed by atoms with Crippen molar-refractivity contribution in [3.8, 4) is 17.5 Å². The number of rotatable bonds is 5. The first-order valence-corrected chi connectivity index (χ1v) is 8.95. The Morgan fingerprint density at radius 2 is 1.96 bits per heavy atom. The minimum atomic E-state index is -0.254. The van der Waals surface area contributed by atoms with E-state index in [1.807, 2.05) is 30.3 Å². The lowest BCUT2D eigenvalue weighted by Gasteiger charge is -2.05. The first kappa shape index (κ1) is 17.2. The highest BCUT2D eigenvalue weighted by Crippen LogP contribution is 2.24. The number of aromatic nitrogens is 2. The number of nitriles is 1. The molecule has 0 saturated carbocycles. The van der Waals surface area contributed by atoms with Gasteiger partial charge in [-0.25, -0.2) is 0 Å². The quantitative estimate of drug-likeness (QED) is 0.631. The second-order valence-corrected chi connectivity index (χ2v) is 6.72. The summed E-state index contributed by atoms with van der Waals surface area (Å²) in [4.78, 5) is 12.0. The average Bonchev–Trinajstić information content (AvgIpc) is 3.10. The standard InChI is InChI=1S/C17H11BrN4O2S/c18-13-7-5-11(6-8-13)16-21-22-17(24-16)25-10-15(23)20-14-4-2-1-3-12(14)9-19/h1-8H,10H2,(H,20,23). The average molecular weight is 415 g/mol. The molecule has 1 amide bonds. The molecule has 0 saturated heterocycles. The van der Waals surface area contributed by atoms with Crippen molar-refractivity contribution in [3.05, 3.63) is 58.6 Å². The van der Waals surface area contributed by atoms with Crippen molar-refractivity contribution < 1.29 is 9.21 Å². The molecule has 1 N–H and O–H groups in total. The van der Waals surface area contributed by atoms with Crippen LogP contribution in [-0.2, 0) is 4.79 Å². The molecule has 0 fully saturated rings. The number of nitrogens with one attached hydrogen (secondary N) is 1. The van der Waals surface area contributed by atoms with Crippen LogP contribution in [0.5, 0.6) is 0 Å². The number of para-hydroxylation sites is 1. The van der Waals surface area contributed by atoms with Gasteiger partial charge in [0.05, 0.1) is 17.0 Å². The van der Waals surface area contributed by atoms with E-state index in [1.165, 1.54) is 0 Å². The Morgan fingerprint density at radius 3 is 2.72 bits per heavy atom. The molecule has 0 spiro atoms. The zero-order valence-corrected chi connectivity index (χ0v) is 15.2. The zero-order chi connectivity index (χ0) is 17.6. The SMILES string of the molecule is N#Cc1ccccc1NC(=O)CSc1nnc(-c2ccc(Br)cc2)o1. The van der Waals surface area contributed by atoms with E-state index >= 15 is 0 Å². The van der Waals surface area contributed by atoms with Crippen LogP contribution in [0.1, 0.15) is 5.56 Å². The first-order chi connectivity index (χ1) is 12.2. The molecule has 124 valence electrons. The molecule has 3 rings (SSSR count). The summed E-state index contributed by atoms with van der Waals surface area (Å²) in [5, 5.41) is 19.9. The number of carbonyl (C=O) groups is 1. The summed E-state index contributed by atoms with van der Waals surface area (Å²) >= 11 is 4.50. The minimum absolute atomic E-state index is 0.0989. The third kappa shape index (κ3) is 4.47. The Bertz CT molecular complexity index is 934. The van der Waals surface area contributed by atoms with Crippen molar-refractivity contribution in [3.63, 3.8) is 0 Å². The van der Waals surface area contributed by atoms with Gasteiger partial charge in [0.25, 0.3) is 5.22 Å². The number of carbonyl (C=O) groups excluding carboxylic acids is 1. The van der Waals surface area contributed by atoms with Crippen LogP contribution in [0.4, 0.5) is 5.69 Å². The molecule has 0 aliphatic carbocycles. The van der Waals surface area contributed by atoms with Crippen molar-refractivity contribution in [2.75, 3.05) is 11.1 Å². The summed E-state index contributed by atoms with van der Waals surface area (Å²) in [6.45, 7) is 0. The lowest BCUT2D eigenvalue weighted by Crippen LogP contribution is -2.14. The van der Waals surface area contributed by atoms with Gasteiger partial charge in [-0.15, -0.1) is 10.2 Å². The fraction of sp³-hybridized carbons (Fsp3) is 0.0588. The molecule has 25 heavy (non-hydrogen) atoms. The van der Waals surface area contributed by atoms with Crippen molar-refractivity contribution in [1.82, 2.24) is 10.2 Å². The Kier molecular flexibility index (Phi) is 5.48. The van der Waals surface area contributed by atoms with E-state index in [2.05, 4.69) is 31.4 Å². The summed E-state index contributed by atoms with van der Waals surface area (Å²) in [5.41, 5.74) is 1.70. The van der Waals surface area contributed by atoms with Crippen LogP contribution in [0.2, 0.25) is 0 Å². The summed E-state index contributed by atoms with van der Waals surface area (Å²) in [5.74, 6) is 0.239. The van der Waals surface area contributed by atoms with Crippen molar-refractivity contribution >= 4 is 39.3 Å². The van der Waals surface area contributed by atoms with E-state index in [0.717, 1.165) is 21.8 Å². The molecule has 0 bridgehead atoms. The van der Waals surface area contributed by atoms with Gasteiger partial charge in [0.2, 0.25) is 11.8 Å². The maximum atomic E-state index is 12.0. The topological polar surface area (TPSA) is 91.8 Å².